The Morgan fingerprint density at radius 2 is 2.25 bits per heavy atom. The first-order valence-corrected chi connectivity index (χ1v) is 7.20. The summed E-state index contributed by atoms with van der Waals surface area (Å²) in [5.41, 5.74) is 0.750. The van der Waals surface area contributed by atoms with Crippen LogP contribution in [0.4, 0.5) is 5.69 Å². The predicted octanol–water partition coefficient (Wildman–Crippen LogP) is 2.13. The molecule has 20 heavy (non-hydrogen) atoms. The molecule has 2 N–H and O–H groups in total. The highest BCUT2D eigenvalue weighted by Crippen LogP contribution is 2.34. The molecule has 5 nitrogen and oxygen atoms in total. The Hall–Kier alpha value is -1.75. The van der Waals surface area contributed by atoms with Gasteiger partial charge in [0.05, 0.1) is 6.04 Å². The average Bonchev–Trinajstić information content (AvgIpc) is 2.95. The average molecular weight is 276 g/mol. The second kappa shape index (κ2) is 5.71. The molecule has 5 heteroatoms. The van der Waals surface area contributed by atoms with Crippen molar-refractivity contribution in [3.63, 3.8) is 0 Å². The number of amides is 1. The molecule has 1 aromatic carbocycles. The number of carbonyl (C=O) groups excluding carboxylic acids is 1. The SMILES string of the molecule is CCC1CCNC(C(=O)Nc2ccc3c(c2)OCO3)C1. The smallest absolute Gasteiger partial charge is 0.241 e. The quantitative estimate of drug-likeness (QED) is 0.888. The second-order valence-corrected chi connectivity index (χ2v) is 5.36. The highest BCUT2D eigenvalue weighted by atomic mass is 16.7. The molecular formula is C15H20N2O3. The molecule has 108 valence electrons. The zero-order chi connectivity index (χ0) is 13.9. The fourth-order valence-corrected chi connectivity index (χ4v) is 2.77. The number of hydrogen-bond donors (Lipinski definition) is 2. The standard InChI is InChI=1S/C15H20N2O3/c1-2-10-5-6-16-12(7-10)15(18)17-11-3-4-13-14(8-11)20-9-19-13/h3-4,8,10,12,16H,2,5-7,9H2,1H3,(H,17,18). The molecule has 1 fully saturated rings. The minimum absolute atomic E-state index is 0.0296. The molecule has 0 spiro atoms. The van der Waals surface area contributed by atoms with Gasteiger partial charge in [-0.3, -0.25) is 4.79 Å². The van der Waals surface area contributed by atoms with Gasteiger partial charge in [-0.05, 0) is 37.4 Å². The number of nitrogens with one attached hydrogen (secondary N) is 2. The van der Waals surface area contributed by atoms with Gasteiger partial charge in [0.25, 0.3) is 0 Å². The van der Waals surface area contributed by atoms with E-state index in [2.05, 4.69) is 17.6 Å². The van der Waals surface area contributed by atoms with E-state index in [1.807, 2.05) is 12.1 Å². The summed E-state index contributed by atoms with van der Waals surface area (Å²) >= 11 is 0. The fraction of sp³-hybridized carbons (Fsp3) is 0.533. The normalized spacial score (nSPS) is 24.4. The van der Waals surface area contributed by atoms with E-state index in [-0.39, 0.29) is 18.7 Å². The number of hydrogen-bond acceptors (Lipinski definition) is 4. The van der Waals surface area contributed by atoms with E-state index in [0.717, 1.165) is 37.2 Å². The van der Waals surface area contributed by atoms with Crippen LogP contribution in [-0.2, 0) is 4.79 Å². The summed E-state index contributed by atoms with van der Waals surface area (Å²) in [5, 5.41) is 6.24. The number of anilines is 1. The molecule has 0 radical (unpaired) electrons. The molecule has 0 aliphatic carbocycles. The van der Waals surface area contributed by atoms with Crippen LogP contribution in [0.1, 0.15) is 26.2 Å². The Balaban J connectivity index is 1.63. The first-order chi connectivity index (χ1) is 9.76. The molecule has 1 amide bonds. The Morgan fingerprint density at radius 1 is 1.40 bits per heavy atom. The maximum Gasteiger partial charge on any atom is 0.241 e. The summed E-state index contributed by atoms with van der Waals surface area (Å²) in [5.74, 6) is 2.08. The minimum Gasteiger partial charge on any atom is -0.454 e. The number of rotatable bonds is 3. The zero-order valence-electron chi connectivity index (χ0n) is 11.6. The highest BCUT2D eigenvalue weighted by molar-refractivity contribution is 5.95. The van der Waals surface area contributed by atoms with Crippen LogP contribution >= 0.6 is 0 Å². The zero-order valence-corrected chi connectivity index (χ0v) is 11.6. The summed E-state index contributed by atoms with van der Waals surface area (Å²) < 4.78 is 10.6. The molecule has 2 atom stereocenters. The van der Waals surface area contributed by atoms with E-state index in [9.17, 15) is 4.79 Å². The van der Waals surface area contributed by atoms with Gasteiger partial charge in [0.15, 0.2) is 11.5 Å². The summed E-state index contributed by atoms with van der Waals surface area (Å²) in [4.78, 5) is 12.3. The number of piperidine rings is 1. The number of ether oxygens (including phenoxy) is 2. The molecule has 0 saturated carbocycles. The Labute approximate surface area is 118 Å². The third-order valence-electron chi connectivity index (χ3n) is 4.05. The fourth-order valence-electron chi connectivity index (χ4n) is 2.77. The van der Waals surface area contributed by atoms with Crippen molar-refractivity contribution in [3.8, 4) is 11.5 Å². The maximum atomic E-state index is 12.3. The molecule has 2 aliphatic heterocycles. The molecule has 0 aromatic heterocycles. The van der Waals surface area contributed by atoms with Gasteiger partial charge in [0, 0.05) is 11.8 Å². The summed E-state index contributed by atoms with van der Waals surface area (Å²) in [6.45, 7) is 3.34. The van der Waals surface area contributed by atoms with Crippen LogP contribution in [0.2, 0.25) is 0 Å². The third-order valence-corrected chi connectivity index (χ3v) is 4.05. The lowest BCUT2D eigenvalue weighted by atomic mass is 9.90. The van der Waals surface area contributed by atoms with Gasteiger partial charge < -0.3 is 20.1 Å². The third kappa shape index (κ3) is 2.72. The van der Waals surface area contributed by atoms with E-state index in [4.69, 9.17) is 9.47 Å². The van der Waals surface area contributed by atoms with Crippen molar-refractivity contribution >= 4 is 11.6 Å². The summed E-state index contributed by atoms with van der Waals surface area (Å²) in [6.07, 6.45) is 3.20. The van der Waals surface area contributed by atoms with Crippen LogP contribution in [0.3, 0.4) is 0 Å². The van der Waals surface area contributed by atoms with Crippen LogP contribution in [0, 0.1) is 5.92 Å². The van der Waals surface area contributed by atoms with Gasteiger partial charge >= 0.3 is 0 Å². The van der Waals surface area contributed by atoms with Crippen molar-refractivity contribution in [2.24, 2.45) is 5.92 Å². The molecule has 2 heterocycles. The van der Waals surface area contributed by atoms with Gasteiger partial charge in [-0.1, -0.05) is 13.3 Å². The van der Waals surface area contributed by atoms with Crippen molar-refractivity contribution in [2.45, 2.75) is 32.2 Å². The van der Waals surface area contributed by atoms with Crippen molar-refractivity contribution in [1.82, 2.24) is 5.32 Å². The minimum atomic E-state index is -0.0980. The Kier molecular flexibility index (Phi) is 3.78. The van der Waals surface area contributed by atoms with Gasteiger partial charge in [0.2, 0.25) is 12.7 Å². The van der Waals surface area contributed by atoms with E-state index in [0.29, 0.717) is 11.7 Å². The lowest BCUT2D eigenvalue weighted by molar-refractivity contribution is -0.119. The molecular weight excluding hydrogens is 256 g/mol. The van der Waals surface area contributed by atoms with Crippen molar-refractivity contribution in [1.29, 1.82) is 0 Å². The second-order valence-electron chi connectivity index (χ2n) is 5.36. The van der Waals surface area contributed by atoms with Crippen molar-refractivity contribution < 1.29 is 14.3 Å². The Bertz CT molecular complexity index is 504. The van der Waals surface area contributed by atoms with Crippen LogP contribution < -0.4 is 20.1 Å². The van der Waals surface area contributed by atoms with Gasteiger partial charge in [-0.2, -0.15) is 0 Å². The Morgan fingerprint density at radius 3 is 3.10 bits per heavy atom. The van der Waals surface area contributed by atoms with Crippen LogP contribution in [-0.4, -0.2) is 25.3 Å². The topological polar surface area (TPSA) is 59.6 Å². The lowest BCUT2D eigenvalue weighted by Gasteiger charge is -2.28. The summed E-state index contributed by atoms with van der Waals surface area (Å²) in [7, 11) is 0. The maximum absolute atomic E-state index is 12.3. The highest BCUT2D eigenvalue weighted by Gasteiger charge is 2.26. The predicted molar refractivity (Wildman–Crippen MR) is 76.0 cm³/mol. The van der Waals surface area contributed by atoms with Crippen molar-refractivity contribution in [3.05, 3.63) is 18.2 Å². The van der Waals surface area contributed by atoms with Crippen LogP contribution in [0.5, 0.6) is 11.5 Å². The molecule has 1 aromatic rings. The monoisotopic (exact) mass is 276 g/mol. The first kappa shape index (κ1) is 13.2. The van der Waals surface area contributed by atoms with Gasteiger partial charge in [0.1, 0.15) is 0 Å². The van der Waals surface area contributed by atoms with Gasteiger partial charge in [-0.25, -0.2) is 0 Å². The van der Waals surface area contributed by atoms with E-state index < -0.39 is 0 Å². The number of benzene rings is 1. The molecule has 0 bridgehead atoms. The lowest BCUT2D eigenvalue weighted by Crippen LogP contribution is -2.46. The summed E-state index contributed by atoms with van der Waals surface area (Å²) in [6, 6.07) is 5.37. The number of fused-ring (bicyclic) bond motifs is 1. The molecule has 1 saturated heterocycles. The number of carbonyl (C=O) groups is 1. The van der Waals surface area contributed by atoms with E-state index in [1.165, 1.54) is 0 Å². The van der Waals surface area contributed by atoms with Crippen LogP contribution in [0.15, 0.2) is 18.2 Å². The molecule has 3 rings (SSSR count). The van der Waals surface area contributed by atoms with E-state index >= 15 is 0 Å². The molecule has 2 aliphatic rings. The molecule has 2 unspecified atom stereocenters. The largest absolute Gasteiger partial charge is 0.454 e. The van der Waals surface area contributed by atoms with Gasteiger partial charge in [-0.15, -0.1) is 0 Å². The van der Waals surface area contributed by atoms with E-state index in [1.54, 1.807) is 6.07 Å². The van der Waals surface area contributed by atoms with Crippen LogP contribution in [0.25, 0.3) is 0 Å². The first-order valence-electron chi connectivity index (χ1n) is 7.20. The van der Waals surface area contributed by atoms with Crippen molar-refractivity contribution in [2.75, 3.05) is 18.7 Å².